The number of hydrogen-bond acceptors (Lipinski definition) is 3. The molecular weight excluding hydrogens is 260 g/mol. The topological polar surface area (TPSA) is 19.6 Å². The first-order chi connectivity index (χ1) is 10.4. The van der Waals surface area contributed by atoms with E-state index in [1.54, 1.807) is 0 Å². The fourth-order valence-corrected chi connectivity index (χ4v) is 3.80. The van der Waals surface area contributed by atoms with E-state index in [0.29, 0.717) is 0 Å². The van der Waals surface area contributed by atoms with Crippen molar-refractivity contribution in [3.63, 3.8) is 0 Å². The maximum absolute atomic E-state index is 5.99. The molecule has 0 unspecified atom stereocenters. The molecule has 0 saturated carbocycles. The lowest BCUT2D eigenvalue weighted by Crippen LogP contribution is -2.32. The molecule has 112 valence electrons. The second kappa shape index (κ2) is 5.82. The molecule has 0 spiro atoms. The number of nitrogens with zero attached hydrogens (tertiary/aromatic N) is 2. The van der Waals surface area contributed by atoms with Crippen molar-refractivity contribution in [2.24, 2.45) is 0 Å². The van der Waals surface area contributed by atoms with Crippen molar-refractivity contribution in [3.8, 4) is 0 Å². The third kappa shape index (κ3) is 2.72. The second-order valence-electron chi connectivity index (χ2n) is 6.43. The third-order valence-electron chi connectivity index (χ3n) is 4.97. The summed E-state index contributed by atoms with van der Waals surface area (Å²) < 4.78 is 5.99. The summed E-state index contributed by atoms with van der Waals surface area (Å²) in [7, 11) is 0. The zero-order valence-electron chi connectivity index (χ0n) is 12.7. The summed E-state index contributed by atoms with van der Waals surface area (Å²) in [5, 5.41) is 1.32. The van der Waals surface area contributed by atoms with E-state index in [4.69, 9.17) is 4.42 Å². The quantitative estimate of drug-likeness (QED) is 0.859. The van der Waals surface area contributed by atoms with Gasteiger partial charge in [-0.05, 0) is 51.5 Å². The molecule has 1 fully saturated rings. The minimum absolute atomic E-state index is 1.06. The third-order valence-corrected chi connectivity index (χ3v) is 4.97. The Labute approximate surface area is 126 Å². The van der Waals surface area contributed by atoms with Crippen LogP contribution in [0.25, 0.3) is 11.0 Å². The van der Waals surface area contributed by atoms with Crippen molar-refractivity contribution in [1.82, 2.24) is 9.80 Å². The highest BCUT2D eigenvalue weighted by Crippen LogP contribution is 2.30. The Bertz CT molecular complexity index is 613. The second-order valence-corrected chi connectivity index (χ2v) is 6.43. The molecule has 21 heavy (non-hydrogen) atoms. The number of rotatable bonds is 4. The number of hydrogen-bond donors (Lipinski definition) is 0. The molecule has 0 bridgehead atoms. The Morgan fingerprint density at radius 2 is 1.76 bits per heavy atom. The first-order valence-corrected chi connectivity index (χ1v) is 8.34. The highest BCUT2D eigenvalue weighted by molar-refractivity contribution is 5.82. The van der Waals surface area contributed by atoms with Crippen LogP contribution in [0.4, 0.5) is 0 Å². The Morgan fingerprint density at radius 3 is 2.67 bits per heavy atom. The first kappa shape index (κ1) is 13.4. The highest BCUT2D eigenvalue weighted by Gasteiger charge is 2.22. The number of fused-ring (bicyclic) bond motifs is 3. The maximum atomic E-state index is 5.99. The van der Waals surface area contributed by atoms with Gasteiger partial charge in [-0.3, -0.25) is 4.90 Å². The van der Waals surface area contributed by atoms with Gasteiger partial charge in [0, 0.05) is 30.5 Å². The Hall–Kier alpha value is -1.32. The van der Waals surface area contributed by atoms with Crippen LogP contribution in [0.3, 0.4) is 0 Å². The lowest BCUT2D eigenvalue weighted by Gasteiger charge is -2.27. The van der Waals surface area contributed by atoms with Crippen molar-refractivity contribution in [2.45, 2.75) is 32.2 Å². The summed E-state index contributed by atoms with van der Waals surface area (Å²) in [5.74, 6) is 1.21. The number of benzene rings is 1. The average Bonchev–Trinajstić information content (AvgIpc) is 3.14. The van der Waals surface area contributed by atoms with Gasteiger partial charge in [-0.2, -0.15) is 0 Å². The van der Waals surface area contributed by atoms with Crippen LogP contribution in [0.1, 0.15) is 30.6 Å². The minimum Gasteiger partial charge on any atom is -0.461 e. The smallest absolute Gasteiger partial charge is 0.134 e. The van der Waals surface area contributed by atoms with Gasteiger partial charge in [0.15, 0.2) is 0 Å². The van der Waals surface area contributed by atoms with Gasteiger partial charge in [-0.1, -0.05) is 18.2 Å². The zero-order chi connectivity index (χ0) is 14.1. The van der Waals surface area contributed by atoms with Gasteiger partial charge in [-0.25, -0.2) is 0 Å². The molecule has 1 aromatic heterocycles. The lowest BCUT2D eigenvalue weighted by molar-refractivity contribution is 0.223. The van der Waals surface area contributed by atoms with Gasteiger partial charge in [0.25, 0.3) is 0 Å². The molecule has 2 aliphatic rings. The van der Waals surface area contributed by atoms with E-state index in [0.717, 1.165) is 25.1 Å². The highest BCUT2D eigenvalue weighted by atomic mass is 16.3. The molecule has 1 aromatic carbocycles. The first-order valence-electron chi connectivity index (χ1n) is 8.34. The monoisotopic (exact) mass is 284 g/mol. The normalized spacial score (nSPS) is 20.2. The number of likely N-dealkylation sites (tertiary alicyclic amines) is 1. The van der Waals surface area contributed by atoms with E-state index in [2.05, 4.69) is 34.1 Å². The average molecular weight is 284 g/mol. The van der Waals surface area contributed by atoms with Crippen LogP contribution in [0, 0.1) is 0 Å². The van der Waals surface area contributed by atoms with Crippen LogP contribution >= 0.6 is 0 Å². The molecule has 1 saturated heterocycles. The van der Waals surface area contributed by atoms with E-state index in [1.807, 2.05) is 0 Å². The summed E-state index contributed by atoms with van der Waals surface area (Å²) in [6.07, 6.45) is 5.15. The molecule has 3 heterocycles. The van der Waals surface area contributed by atoms with Crippen LogP contribution in [0.15, 0.2) is 28.7 Å². The molecular formula is C18H24N2O. The van der Waals surface area contributed by atoms with E-state index in [1.165, 1.54) is 62.2 Å². The Morgan fingerprint density at radius 1 is 0.952 bits per heavy atom. The molecule has 0 radical (unpaired) electrons. The van der Waals surface area contributed by atoms with E-state index in [9.17, 15) is 0 Å². The van der Waals surface area contributed by atoms with Gasteiger partial charge in [0.2, 0.25) is 0 Å². The summed E-state index contributed by atoms with van der Waals surface area (Å²) in [4.78, 5) is 5.21. The Kier molecular flexibility index (Phi) is 3.70. The Balaban J connectivity index is 1.39. The summed E-state index contributed by atoms with van der Waals surface area (Å²) in [5.41, 5.74) is 2.49. The SMILES string of the molecule is c1ccc2c3c(oc2c1)CCN(CCCN1CCCC1)C3. The fraction of sp³-hybridized carbons (Fsp3) is 0.556. The molecule has 0 atom stereocenters. The van der Waals surface area contributed by atoms with E-state index < -0.39 is 0 Å². The van der Waals surface area contributed by atoms with Crippen LogP contribution in [0.5, 0.6) is 0 Å². The predicted octanol–water partition coefficient (Wildman–Crippen LogP) is 3.28. The van der Waals surface area contributed by atoms with E-state index >= 15 is 0 Å². The molecule has 4 rings (SSSR count). The van der Waals surface area contributed by atoms with Crippen LogP contribution in [0.2, 0.25) is 0 Å². The van der Waals surface area contributed by atoms with Gasteiger partial charge >= 0.3 is 0 Å². The summed E-state index contributed by atoms with van der Waals surface area (Å²) >= 11 is 0. The molecule has 3 nitrogen and oxygen atoms in total. The van der Waals surface area contributed by atoms with Crippen LogP contribution in [-0.4, -0.2) is 42.5 Å². The molecule has 2 aromatic rings. The number of para-hydroxylation sites is 1. The standard InChI is InChI=1S/C18H24N2O/c1-2-7-17-15(6-1)16-14-20(13-8-18(16)21-17)12-5-11-19-9-3-4-10-19/h1-2,6-7H,3-5,8-14H2. The largest absolute Gasteiger partial charge is 0.461 e. The molecule has 0 amide bonds. The van der Waals surface area contributed by atoms with Gasteiger partial charge in [-0.15, -0.1) is 0 Å². The van der Waals surface area contributed by atoms with Gasteiger partial charge < -0.3 is 9.32 Å². The maximum Gasteiger partial charge on any atom is 0.134 e. The van der Waals surface area contributed by atoms with Gasteiger partial charge in [0.05, 0.1) is 0 Å². The lowest BCUT2D eigenvalue weighted by atomic mass is 10.0. The molecule has 0 aliphatic carbocycles. The van der Waals surface area contributed by atoms with Crippen LogP contribution in [-0.2, 0) is 13.0 Å². The summed E-state index contributed by atoms with van der Waals surface area (Å²) in [6.45, 7) is 7.33. The zero-order valence-corrected chi connectivity index (χ0v) is 12.7. The van der Waals surface area contributed by atoms with Crippen molar-refractivity contribution in [3.05, 3.63) is 35.6 Å². The molecule has 3 heteroatoms. The van der Waals surface area contributed by atoms with E-state index in [-0.39, 0.29) is 0 Å². The van der Waals surface area contributed by atoms with Crippen molar-refractivity contribution >= 4 is 11.0 Å². The molecule has 2 aliphatic heterocycles. The minimum atomic E-state index is 1.06. The predicted molar refractivity (Wildman–Crippen MR) is 85.5 cm³/mol. The molecule has 0 N–H and O–H groups in total. The number of furan rings is 1. The van der Waals surface area contributed by atoms with Crippen molar-refractivity contribution < 1.29 is 4.42 Å². The van der Waals surface area contributed by atoms with Crippen molar-refractivity contribution in [2.75, 3.05) is 32.7 Å². The fourth-order valence-electron chi connectivity index (χ4n) is 3.80. The van der Waals surface area contributed by atoms with Crippen molar-refractivity contribution in [1.29, 1.82) is 0 Å². The van der Waals surface area contributed by atoms with Gasteiger partial charge in [0.1, 0.15) is 11.3 Å². The summed E-state index contributed by atoms with van der Waals surface area (Å²) in [6, 6.07) is 8.46. The van der Waals surface area contributed by atoms with Crippen LogP contribution < -0.4 is 0 Å².